The highest BCUT2D eigenvalue weighted by Crippen LogP contribution is 2.18. The zero-order valence-electron chi connectivity index (χ0n) is 10.1. The summed E-state index contributed by atoms with van der Waals surface area (Å²) >= 11 is 5.74. The van der Waals surface area contributed by atoms with Gasteiger partial charge in [0.05, 0.1) is 10.8 Å². The van der Waals surface area contributed by atoms with E-state index in [9.17, 15) is 16.8 Å². The molecule has 0 aliphatic carbocycles. The van der Waals surface area contributed by atoms with Crippen molar-refractivity contribution in [2.45, 2.75) is 11.8 Å². The molecule has 2 N–H and O–H groups in total. The molecule has 1 heterocycles. The molecule has 19 heavy (non-hydrogen) atoms. The second-order valence-electron chi connectivity index (χ2n) is 3.52. The number of hydrogen-bond donors (Lipinski definition) is 2. The van der Waals surface area contributed by atoms with Gasteiger partial charge >= 0.3 is 0 Å². The fraction of sp³-hybridized carbons (Fsp3) is 0.444. The second-order valence-corrected chi connectivity index (χ2v) is 7.59. The van der Waals surface area contributed by atoms with Crippen molar-refractivity contribution in [3.05, 3.63) is 23.5 Å². The maximum atomic E-state index is 11.8. The molecule has 0 aliphatic rings. The van der Waals surface area contributed by atoms with Crippen LogP contribution in [0.25, 0.3) is 0 Å². The second kappa shape index (κ2) is 6.62. The SMILES string of the molecule is CCNS(=O)(=O)CCNS(=O)(=O)c1cnccc1Cl. The number of sulfonamides is 2. The zero-order chi connectivity index (χ0) is 14.5. The molecule has 0 atom stereocenters. The van der Waals surface area contributed by atoms with E-state index in [1.165, 1.54) is 12.3 Å². The minimum absolute atomic E-state index is 0.0250. The van der Waals surface area contributed by atoms with Gasteiger partial charge in [-0.25, -0.2) is 26.3 Å². The predicted octanol–water partition coefficient (Wildman–Crippen LogP) is -0.0474. The van der Waals surface area contributed by atoms with Crippen molar-refractivity contribution in [2.75, 3.05) is 18.8 Å². The summed E-state index contributed by atoms with van der Waals surface area (Å²) in [7, 11) is -7.34. The van der Waals surface area contributed by atoms with Gasteiger partial charge in [0.25, 0.3) is 0 Å². The van der Waals surface area contributed by atoms with Crippen LogP contribution in [-0.2, 0) is 20.0 Å². The van der Waals surface area contributed by atoms with Crippen molar-refractivity contribution in [1.82, 2.24) is 14.4 Å². The topological polar surface area (TPSA) is 105 Å². The first-order valence-corrected chi connectivity index (χ1v) is 8.86. The summed E-state index contributed by atoms with van der Waals surface area (Å²) in [5.74, 6) is -0.349. The van der Waals surface area contributed by atoms with Gasteiger partial charge in [-0.3, -0.25) is 4.98 Å². The first-order chi connectivity index (χ1) is 8.78. The van der Waals surface area contributed by atoms with Crippen LogP contribution in [0, 0.1) is 0 Å². The lowest BCUT2D eigenvalue weighted by atomic mass is 10.5. The Bertz CT molecular complexity index is 631. The molecule has 0 saturated carbocycles. The van der Waals surface area contributed by atoms with Crippen LogP contribution in [0.4, 0.5) is 0 Å². The molecule has 0 radical (unpaired) electrons. The molecule has 1 rings (SSSR count). The van der Waals surface area contributed by atoms with Crippen molar-refractivity contribution in [3.8, 4) is 0 Å². The first-order valence-electron chi connectivity index (χ1n) is 5.35. The van der Waals surface area contributed by atoms with Gasteiger partial charge in [0.15, 0.2) is 0 Å². The summed E-state index contributed by atoms with van der Waals surface area (Å²) in [5.41, 5.74) is 0. The maximum Gasteiger partial charge on any atom is 0.243 e. The lowest BCUT2D eigenvalue weighted by Gasteiger charge is -2.08. The van der Waals surface area contributed by atoms with Gasteiger partial charge in [0.1, 0.15) is 4.90 Å². The fourth-order valence-corrected chi connectivity index (χ4v) is 3.79. The van der Waals surface area contributed by atoms with Crippen molar-refractivity contribution < 1.29 is 16.8 Å². The summed E-state index contributed by atoms with van der Waals surface area (Å²) in [6, 6.07) is 1.34. The minimum Gasteiger partial charge on any atom is -0.263 e. The Kier molecular flexibility index (Phi) is 5.68. The molecule has 10 heteroatoms. The average molecular weight is 328 g/mol. The molecule has 1 aromatic rings. The van der Waals surface area contributed by atoms with Crippen LogP contribution in [0.2, 0.25) is 5.02 Å². The highest BCUT2D eigenvalue weighted by Gasteiger charge is 2.18. The van der Waals surface area contributed by atoms with Crippen LogP contribution in [0.15, 0.2) is 23.4 Å². The molecule has 0 fully saturated rings. The van der Waals surface area contributed by atoms with Gasteiger partial charge in [0.2, 0.25) is 20.0 Å². The molecule has 0 saturated heterocycles. The molecule has 0 aromatic carbocycles. The van der Waals surface area contributed by atoms with Gasteiger partial charge in [-0.1, -0.05) is 18.5 Å². The largest absolute Gasteiger partial charge is 0.263 e. The zero-order valence-corrected chi connectivity index (χ0v) is 12.5. The molecular weight excluding hydrogens is 314 g/mol. The van der Waals surface area contributed by atoms with Gasteiger partial charge < -0.3 is 0 Å². The summed E-state index contributed by atoms with van der Waals surface area (Å²) in [5, 5.41) is 0.0250. The van der Waals surface area contributed by atoms with Crippen molar-refractivity contribution in [3.63, 3.8) is 0 Å². The Morgan fingerprint density at radius 3 is 2.53 bits per heavy atom. The Hall–Kier alpha value is -0.740. The van der Waals surface area contributed by atoms with Crippen LogP contribution in [-0.4, -0.2) is 40.7 Å². The van der Waals surface area contributed by atoms with E-state index in [1.54, 1.807) is 6.92 Å². The van der Waals surface area contributed by atoms with Crippen LogP contribution in [0.1, 0.15) is 6.92 Å². The van der Waals surface area contributed by atoms with E-state index < -0.39 is 20.0 Å². The number of nitrogens with one attached hydrogen (secondary N) is 2. The lowest BCUT2D eigenvalue weighted by molar-refractivity contribution is 0.576. The quantitative estimate of drug-likeness (QED) is 0.730. The summed E-state index contributed by atoms with van der Waals surface area (Å²) in [6.07, 6.45) is 2.46. The lowest BCUT2D eigenvalue weighted by Crippen LogP contribution is -2.34. The Morgan fingerprint density at radius 2 is 1.95 bits per heavy atom. The summed E-state index contributed by atoms with van der Waals surface area (Å²) in [4.78, 5) is 3.48. The standard InChI is InChI=1S/C9H14ClN3O4S2/c1-2-12-18(14,15)6-5-13-19(16,17)9-7-11-4-3-8(9)10/h3-4,7,12-13H,2,5-6H2,1H3. The molecule has 0 bridgehead atoms. The molecule has 0 spiro atoms. The monoisotopic (exact) mass is 327 g/mol. The predicted molar refractivity (Wildman–Crippen MR) is 71.9 cm³/mol. The Labute approximate surface area is 117 Å². The number of pyridine rings is 1. The van der Waals surface area contributed by atoms with E-state index in [-0.39, 0.29) is 28.8 Å². The smallest absolute Gasteiger partial charge is 0.243 e. The van der Waals surface area contributed by atoms with Gasteiger partial charge in [-0.15, -0.1) is 0 Å². The minimum atomic E-state index is -3.86. The number of aromatic nitrogens is 1. The molecule has 7 nitrogen and oxygen atoms in total. The van der Waals surface area contributed by atoms with Crippen LogP contribution < -0.4 is 9.44 Å². The summed E-state index contributed by atoms with van der Waals surface area (Å²) < 4.78 is 50.8. The normalized spacial score (nSPS) is 12.5. The van der Waals surface area contributed by atoms with Crippen molar-refractivity contribution in [2.24, 2.45) is 0 Å². The van der Waals surface area contributed by atoms with Crippen LogP contribution in [0.3, 0.4) is 0 Å². The van der Waals surface area contributed by atoms with Gasteiger partial charge in [-0.05, 0) is 6.07 Å². The number of hydrogen-bond acceptors (Lipinski definition) is 5. The van der Waals surface area contributed by atoms with E-state index >= 15 is 0 Å². The number of rotatable bonds is 7. The molecule has 0 amide bonds. The molecule has 108 valence electrons. The van der Waals surface area contributed by atoms with Crippen molar-refractivity contribution in [1.29, 1.82) is 0 Å². The van der Waals surface area contributed by atoms with Gasteiger partial charge in [-0.2, -0.15) is 0 Å². The molecule has 1 aromatic heterocycles. The van der Waals surface area contributed by atoms with Gasteiger partial charge in [0, 0.05) is 25.5 Å². The van der Waals surface area contributed by atoms with E-state index in [4.69, 9.17) is 11.6 Å². The third-order valence-electron chi connectivity index (χ3n) is 2.05. The van der Waals surface area contributed by atoms with E-state index in [2.05, 4.69) is 14.4 Å². The highest BCUT2D eigenvalue weighted by atomic mass is 35.5. The number of halogens is 1. The van der Waals surface area contributed by atoms with E-state index in [0.29, 0.717) is 0 Å². The Balaban J connectivity index is 2.70. The third-order valence-corrected chi connectivity index (χ3v) is 5.45. The number of nitrogens with zero attached hydrogens (tertiary/aromatic N) is 1. The van der Waals surface area contributed by atoms with E-state index in [0.717, 1.165) is 6.20 Å². The molecular formula is C9H14ClN3O4S2. The third kappa shape index (κ3) is 5.03. The van der Waals surface area contributed by atoms with Crippen LogP contribution in [0.5, 0.6) is 0 Å². The van der Waals surface area contributed by atoms with Crippen LogP contribution >= 0.6 is 11.6 Å². The Morgan fingerprint density at radius 1 is 1.26 bits per heavy atom. The highest BCUT2D eigenvalue weighted by molar-refractivity contribution is 7.90. The molecule has 0 unspecified atom stereocenters. The summed E-state index contributed by atoms with van der Waals surface area (Å²) in [6.45, 7) is 1.64. The van der Waals surface area contributed by atoms with E-state index in [1.807, 2.05) is 0 Å². The maximum absolute atomic E-state index is 11.8. The average Bonchev–Trinajstić information content (AvgIpc) is 2.28. The first kappa shape index (κ1) is 16.3. The molecule has 0 aliphatic heterocycles. The fourth-order valence-electron chi connectivity index (χ4n) is 1.24. The van der Waals surface area contributed by atoms with Crippen molar-refractivity contribution >= 4 is 31.6 Å².